The molecule has 0 saturated heterocycles. The van der Waals surface area contributed by atoms with E-state index >= 15 is 0 Å². The molecular formula is C17H14ClN3O2. The highest BCUT2D eigenvalue weighted by atomic mass is 35.5. The van der Waals surface area contributed by atoms with Gasteiger partial charge in [-0.3, -0.25) is 14.8 Å². The Hall–Kier alpha value is -2.66. The van der Waals surface area contributed by atoms with Crippen molar-refractivity contribution >= 4 is 34.1 Å². The molecule has 2 aromatic heterocycles. The average molecular weight is 328 g/mol. The zero-order chi connectivity index (χ0) is 16.4. The Labute approximate surface area is 138 Å². The molecular weight excluding hydrogens is 314 g/mol. The summed E-state index contributed by atoms with van der Waals surface area (Å²) in [5.74, 6) is 0.307. The van der Waals surface area contributed by atoms with Gasteiger partial charge in [0, 0.05) is 23.5 Å². The second kappa shape index (κ2) is 6.22. The van der Waals surface area contributed by atoms with E-state index in [2.05, 4.69) is 15.3 Å². The first-order chi connectivity index (χ1) is 11.1. The van der Waals surface area contributed by atoms with Gasteiger partial charge in [0.25, 0.3) is 5.91 Å². The molecule has 1 aromatic carbocycles. The van der Waals surface area contributed by atoms with Crippen molar-refractivity contribution in [1.82, 2.24) is 9.97 Å². The summed E-state index contributed by atoms with van der Waals surface area (Å²) in [4.78, 5) is 21.0. The molecule has 23 heavy (non-hydrogen) atoms. The summed E-state index contributed by atoms with van der Waals surface area (Å²) >= 11 is 6.07. The molecule has 6 heteroatoms. The Balaban J connectivity index is 1.91. The number of carbonyl (C=O) groups excluding carboxylic acids is 1. The Kier molecular flexibility index (Phi) is 4.12. The number of nitrogens with zero attached hydrogens (tertiary/aromatic N) is 2. The molecule has 0 aliphatic carbocycles. The summed E-state index contributed by atoms with van der Waals surface area (Å²) in [6, 6.07) is 8.67. The number of ether oxygens (including phenoxy) is 1. The van der Waals surface area contributed by atoms with Crippen molar-refractivity contribution in [1.29, 1.82) is 0 Å². The van der Waals surface area contributed by atoms with Gasteiger partial charge in [-0.15, -0.1) is 0 Å². The highest BCUT2D eigenvalue weighted by Crippen LogP contribution is 2.27. The molecule has 0 aliphatic heterocycles. The van der Waals surface area contributed by atoms with E-state index in [0.717, 1.165) is 10.9 Å². The molecule has 0 aliphatic rings. The first-order valence-electron chi connectivity index (χ1n) is 6.95. The molecule has 0 bridgehead atoms. The van der Waals surface area contributed by atoms with Crippen molar-refractivity contribution in [3.63, 3.8) is 0 Å². The molecule has 1 N–H and O–H groups in total. The number of nitrogens with one attached hydrogen (secondary N) is 1. The molecule has 0 atom stereocenters. The van der Waals surface area contributed by atoms with Gasteiger partial charge in [0.15, 0.2) is 0 Å². The number of methoxy groups -OCH3 is 1. The average Bonchev–Trinajstić information content (AvgIpc) is 2.54. The van der Waals surface area contributed by atoms with Crippen molar-refractivity contribution in [3.8, 4) is 5.75 Å². The van der Waals surface area contributed by atoms with Crippen LogP contribution in [0.2, 0.25) is 5.02 Å². The number of rotatable bonds is 3. The third-order valence-electron chi connectivity index (χ3n) is 3.46. The lowest BCUT2D eigenvalue weighted by molar-refractivity contribution is 0.102. The lowest BCUT2D eigenvalue weighted by Gasteiger charge is -2.10. The van der Waals surface area contributed by atoms with Gasteiger partial charge in [0.1, 0.15) is 5.75 Å². The summed E-state index contributed by atoms with van der Waals surface area (Å²) in [6.07, 6.45) is 3.36. The van der Waals surface area contributed by atoms with Crippen LogP contribution in [0.3, 0.4) is 0 Å². The SMILES string of the molecule is COc1ccc(NC(=O)c2cc3cnccc3nc2C)cc1Cl. The Bertz CT molecular complexity index is 896. The zero-order valence-corrected chi connectivity index (χ0v) is 13.4. The molecule has 0 saturated carbocycles. The normalized spacial score (nSPS) is 10.6. The summed E-state index contributed by atoms with van der Waals surface area (Å²) < 4.78 is 5.10. The van der Waals surface area contributed by atoms with Crippen LogP contribution in [0, 0.1) is 6.92 Å². The molecule has 116 valence electrons. The van der Waals surface area contributed by atoms with Crippen molar-refractivity contribution in [2.75, 3.05) is 12.4 Å². The van der Waals surface area contributed by atoms with Gasteiger partial charge in [0.2, 0.25) is 0 Å². The van der Waals surface area contributed by atoms with Gasteiger partial charge in [0.05, 0.1) is 28.9 Å². The standard InChI is InChI=1S/C17H14ClN3O2/c1-10-13(7-11-9-19-6-5-15(11)20-10)17(22)21-12-3-4-16(23-2)14(18)8-12/h3-9H,1-2H3,(H,21,22). The fourth-order valence-electron chi connectivity index (χ4n) is 2.29. The highest BCUT2D eigenvalue weighted by molar-refractivity contribution is 6.32. The van der Waals surface area contributed by atoms with Gasteiger partial charge in [-0.2, -0.15) is 0 Å². The molecule has 2 heterocycles. The zero-order valence-electron chi connectivity index (χ0n) is 12.6. The van der Waals surface area contributed by atoms with Crippen LogP contribution in [0.5, 0.6) is 5.75 Å². The van der Waals surface area contributed by atoms with Crippen LogP contribution in [0.25, 0.3) is 10.9 Å². The van der Waals surface area contributed by atoms with Crippen LogP contribution >= 0.6 is 11.6 Å². The minimum absolute atomic E-state index is 0.248. The van der Waals surface area contributed by atoms with E-state index in [1.165, 1.54) is 7.11 Å². The first-order valence-corrected chi connectivity index (χ1v) is 7.32. The third kappa shape index (κ3) is 3.10. The molecule has 0 fully saturated rings. The van der Waals surface area contributed by atoms with E-state index in [4.69, 9.17) is 16.3 Å². The van der Waals surface area contributed by atoms with Crippen molar-refractivity contribution < 1.29 is 9.53 Å². The number of aryl methyl sites for hydroxylation is 1. The Morgan fingerprint density at radius 2 is 2.09 bits per heavy atom. The second-order valence-electron chi connectivity index (χ2n) is 4.99. The predicted molar refractivity (Wildman–Crippen MR) is 90.2 cm³/mol. The van der Waals surface area contributed by atoms with Crippen LogP contribution in [0.1, 0.15) is 16.1 Å². The molecule has 5 nitrogen and oxygen atoms in total. The van der Waals surface area contributed by atoms with Gasteiger partial charge >= 0.3 is 0 Å². The van der Waals surface area contributed by atoms with Crippen LogP contribution < -0.4 is 10.1 Å². The largest absolute Gasteiger partial charge is 0.495 e. The highest BCUT2D eigenvalue weighted by Gasteiger charge is 2.13. The van der Waals surface area contributed by atoms with E-state index in [1.807, 2.05) is 6.07 Å². The maximum atomic E-state index is 12.5. The molecule has 0 unspecified atom stereocenters. The van der Waals surface area contributed by atoms with Crippen LogP contribution in [0.4, 0.5) is 5.69 Å². The molecule has 3 rings (SSSR count). The number of hydrogen-bond donors (Lipinski definition) is 1. The monoisotopic (exact) mass is 327 g/mol. The number of halogens is 1. The van der Waals surface area contributed by atoms with Gasteiger partial charge in [-0.1, -0.05) is 11.6 Å². The molecule has 0 radical (unpaired) electrons. The number of aromatic nitrogens is 2. The van der Waals surface area contributed by atoms with E-state index in [9.17, 15) is 4.79 Å². The maximum absolute atomic E-state index is 12.5. The molecule has 0 spiro atoms. The number of amides is 1. The van der Waals surface area contributed by atoms with E-state index in [-0.39, 0.29) is 5.91 Å². The summed E-state index contributed by atoms with van der Waals surface area (Å²) in [5.41, 5.74) is 2.55. The van der Waals surface area contributed by atoms with E-state index in [0.29, 0.717) is 27.7 Å². The van der Waals surface area contributed by atoms with Crippen LogP contribution in [-0.4, -0.2) is 23.0 Å². The molecule has 1 amide bonds. The predicted octanol–water partition coefficient (Wildman–Crippen LogP) is 3.85. The number of benzene rings is 1. The Morgan fingerprint density at radius 3 is 2.83 bits per heavy atom. The van der Waals surface area contributed by atoms with E-state index in [1.54, 1.807) is 43.6 Å². The lowest BCUT2D eigenvalue weighted by atomic mass is 10.1. The first kappa shape index (κ1) is 15.2. The van der Waals surface area contributed by atoms with Gasteiger partial charge in [-0.05, 0) is 37.3 Å². The minimum atomic E-state index is -0.248. The third-order valence-corrected chi connectivity index (χ3v) is 3.76. The number of fused-ring (bicyclic) bond motifs is 1. The smallest absolute Gasteiger partial charge is 0.257 e. The number of hydrogen-bond acceptors (Lipinski definition) is 4. The van der Waals surface area contributed by atoms with Gasteiger partial charge < -0.3 is 10.1 Å². The quantitative estimate of drug-likeness (QED) is 0.793. The summed E-state index contributed by atoms with van der Waals surface area (Å²) in [5, 5.41) is 4.07. The minimum Gasteiger partial charge on any atom is -0.495 e. The topological polar surface area (TPSA) is 64.1 Å². The van der Waals surface area contributed by atoms with Crippen molar-refractivity contribution in [2.45, 2.75) is 6.92 Å². The maximum Gasteiger partial charge on any atom is 0.257 e. The van der Waals surface area contributed by atoms with Crippen molar-refractivity contribution in [3.05, 3.63) is 59.0 Å². The molecule has 3 aromatic rings. The van der Waals surface area contributed by atoms with Crippen LogP contribution in [0.15, 0.2) is 42.7 Å². The number of anilines is 1. The fraction of sp³-hybridized carbons (Fsp3) is 0.118. The lowest BCUT2D eigenvalue weighted by Crippen LogP contribution is -2.14. The van der Waals surface area contributed by atoms with Crippen LogP contribution in [-0.2, 0) is 0 Å². The fourth-order valence-corrected chi connectivity index (χ4v) is 2.54. The Morgan fingerprint density at radius 1 is 1.26 bits per heavy atom. The second-order valence-corrected chi connectivity index (χ2v) is 5.40. The summed E-state index contributed by atoms with van der Waals surface area (Å²) in [6.45, 7) is 1.80. The summed E-state index contributed by atoms with van der Waals surface area (Å²) in [7, 11) is 1.54. The van der Waals surface area contributed by atoms with E-state index < -0.39 is 0 Å². The van der Waals surface area contributed by atoms with Crippen molar-refractivity contribution in [2.24, 2.45) is 0 Å². The number of carbonyl (C=O) groups is 1. The number of pyridine rings is 2. The van der Waals surface area contributed by atoms with Gasteiger partial charge in [-0.25, -0.2) is 0 Å².